The van der Waals surface area contributed by atoms with Gasteiger partial charge in [0.25, 0.3) is 0 Å². The van der Waals surface area contributed by atoms with Gasteiger partial charge in [-0.1, -0.05) is 5.16 Å². The second-order valence-electron chi connectivity index (χ2n) is 4.05. The third-order valence-corrected chi connectivity index (χ3v) is 3.79. The number of sulfone groups is 1. The average Bonchev–Trinajstić information content (AvgIpc) is 2.26. The first kappa shape index (κ1) is 15.2. The van der Waals surface area contributed by atoms with Crippen LogP contribution in [0.4, 0.5) is 0 Å². The van der Waals surface area contributed by atoms with Gasteiger partial charge in [-0.15, -0.1) is 0 Å². The summed E-state index contributed by atoms with van der Waals surface area (Å²) in [7, 11) is -2.16. The highest BCUT2D eigenvalue weighted by atomic mass is 32.2. The second-order valence-corrected chi connectivity index (χ2v) is 6.03. The molecule has 0 radical (unpaired) electrons. The fourth-order valence-corrected chi connectivity index (χ4v) is 2.85. The zero-order chi connectivity index (χ0) is 14.8. The number of benzene rings is 1. The van der Waals surface area contributed by atoms with E-state index < -0.39 is 15.8 Å². The van der Waals surface area contributed by atoms with Crippen LogP contribution in [0.1, 0.15) is 28.4 Å². The SMILES string of the molecule is CON=C(C)c1c(S(C)(=O)=O)ccc(C(=O)O)c1C. The molecule has 0 aromatic heterocycles. The van der Waals surface area contributed by atoms with Gasteiger partial charge in [0.15, 0.2) is 9.84 Å². The molecule has 0 aliphatic heterocycles. The molecule has 19 heavy (non-hydrogen) atoms. The van der Waals surface area contributed by atoms with Crippen molar-refractivity contribution in [1.82, 2.24) is 0 Å². The molecule has 0 aliphatic carbocycles. The Bertz CT molecular complexity index is 646. The van der Waals surface area contributed by atoms with Gasteiger partial charge in [0.1, 0.15) is 7.11 Å². The standard InChI is InChI=1S/C12H15NO5S/c1-7-9(12(14)15)5-6-10(19(4,16)17)11(7)8(2)13-18-3/h5-6H,1-4H3,(H,14,15). The second kappa shape index (κ2) is 5.40. The number of rotatable bonds is 4. The number of nitrogens with zero attached hydrogens (tertiary/aromatic N) is 1. The molecule has 0 atom stereocenters. The number of carboxylic acid groups (broad SMARTS) is 1. The van der Waals surface area contributed by atoms with E-state index in [1.54, 1.807) is 13.8 Å². The third kappa shape index (κ3) is 3.11. The Morgan fingerprint density at radius 2 is 1.95 bits per heavy atom. The van der Waals surface area contributed by atoms with E-state index in [4.69, 9.17) is 5.11 Å². The van der Waals surface area contributed by atoms with Crippen LogP contribution >= 0.6 is 0 Å². The van der Waals surface area contributed by atoms with Crippen LogP contribution < -0.4 is 0 Å². The summed E-state index contributed by atoms with van der Waals surface area (Å²) in [5, 5.41) is 12.8. The van der Waals surface area contributed by atoms with Gasteiger partial charge in [-0.3, -0.25) is 0 Å². The topological polar surface area (TPSA) is 93.0 Å². The highest BCUT2D eigenvalue weighted by Gasteiger charge is 2.21. The summed E-state index contributed by atoms with van der Waals surface area (Å²) in [6, 6.07) is 2.55. The number of carboxylic acids is 1. The lowest BCUT2D eigenvalue weighted by Crippen LogP contribution is -2.13. The van der Waals surface area contributed by atoms with Crippen molar-refractivity contribution in [2.75, 3.05) is 13.4 Å². The first-order valence-electron chi connectivity index (χ1n) is 5.35. The summed E-state index contributed by atoms with van der Waals surface area (Å²) < 4.78 is 23.5. The number of aromatic carboxylic acids is 1. The first-order chi connectivity index (χ1) is 8.70. The van der Waals surface area contributed by atoms with E-state index in [2.05, 4.69) is 9.99 Å². The molecule has 6 nitrogen and oxygen atoms in total. The van der Waals surface area contributed by atoms with Gasteiger partial charge >= 0.3 is 5.97 Å². The van der Waals surface area contributed by atoms with E-state index in [0.717, 1.165) is 6.26 Å². The molecule has 1 aromatic carbocycles. The highest BCUT2D eigenvalue weighted by Crippen LogP contribution is 2.24. The van der Waals surface area contributed by atoms with Crippen molar-refractivity contribution in [3.05, 3.63) is 28.8 Å². The molecule has 1 rings (SSSR count). The first-order valence-corrected chi connectivity index (χ1v) is 7.24. The van der Waals surface area contributed by atoms with Crippen molar-refractivity contribution in [2.24, 2.45) is 5.16 Å². The van der Waals surface area contributed by atoms with Crippen LogP contribution in [0.3, 0.4) is 0 Å². The maximum Gasteiger partial charge on any atom is 0.335 e. The number of oxime groups is 1. The zero-order valence-corrected chi connectivity index (χ0v) is 11.9. The van der Waals surface area contributed by atoms with Gasteiger partial charge in [0, 0.05) is 11.8 Å². The van der Waals surface area contributed by atoms with Crippen molar-refractivity contribution in [2.45, 2.75) is 18.7 Å². The summed E-state index contributed by atoms with van der Waals surface area (Å²) in [6.07, 6.45) is 1.06. The lowest BCUT2D eigenvalue weighted by molar-refractivity contribution is 0.0696. The van der Waals surface area contributed by atoms with Gasteiger partial charge in [0.05, 0.1) is 16.2 Å². The minimum Gasteiger partial charge on any atom is -0.478 e. The van der Waals surface area contributed by atoms with Crippen LogP contribution in [0.15, 0.2) is 22.2 Å². The van der Waals surface area contributed by atoms with Gasteiger partial charge in [-0.05, 0) is 31.5 Å². The van der Waals surface area contributed by atoms with Gasteiger partial charge in [-0.2, -0.15) is 0 Å². The Balaban J connectivity index is 3.75. The summed E-state index contributed by atoms with van der Waals surface area (Å²) in [5.41, 5.74) is 0.953. The molecule has 0 saturated heterocycles. The monoisotopic (exact) mass is 285 g/mol. The van der Waals surface area contributed by atoms with Crippen LogP contribution in [-0.4, -0.2) is 38.6 Å². The maximum absolute atomic E-state index is 11.8. The van der Waals surface area contributed by atoms with Gasteiger partial charge in [-0.25, -0.2) is 13.2 Å². The minimum atomic E-state index is -3.49. The average molecular weight is 285 g/mol. The van der Waals surface area contributed by atoms with E-state index in [0.29, 0.717) is 11.3 Å². The lowest BCUT2D eigenvalue weighted by Gasteiger charge is -2.13. The van der Waals surface area contributed by atoms with Crippen molar-refractivity contribution in [1.29, 1.82) is 0 Å². The van der Waals surface area contributed by atoms with E-state index in [1.807, 2.05) is 0 Å². The quantitative estimate of drug-likeness (QED) is 0.668. The molecule has 0 fully saturated rings. The van der Waals surface area contributed by atoms with Gasteiger partial charge in [0.2, 0.25) is 0 Å². The normalized spacial score (nSPS) is 12.3. The maximum atomic E-state index is 11.8. The summed E-state index contributed by atoms with van der Waals surface area (Å²) >= 11 is 0. The highest BCUT2D eigenvalue weighted by molar-refractivity contribution is 7.90. The van der Waals surface area contributed by atoms with Crippen LogP contribution in [0.5, 0.6) is 0 Å². The number of hydrogen-bond donors (Lipinski definition) is 1. The van der Waals surface area contributed by atoms with Crippen molar-refractivity contribution in [3.8, 4) is 0 Å². The lowest BCUT2D eigenvalue weighted by atomic mass is 9.99. The Labute approximate surface area is 111 Å². The molecular weight excluding hydrogens is 270 g/mol. The molecule has 7 heteroatoms. The van der Waals surface area contributed by atoms with E-state index in [-0.39, 0.29) is 16.0 Å². The number of carbonyl (C=O) groups is 1. The molecule has 0 bridgehead atoms. The predicted molar refractivity (Wildman–Crippen MR) is 70.5 cm³/mol. The summed E-state index contributed by atoms with van der Waals surface area (Å²) in [5.74, 6) is -1.12. The Morgan fingerprint density at radius 1 is 1.37 bits per heavy atom. The Kier molecular flexibility index (Phi) is 4.31. The molecule has 0 saturated carbocycles. The van der Waals surface area contributed by atoms with Gasteiger partial charge < -0.3 is 9.94 Å². The molecule has 0 unspecified atom stereocenters. The third-order valence-electron chi connectivity index (χ3n) is 2.65. The molecule has 0 amide bonds. The summed E-state index contributed by atoms with van der Waals surface area (Å²) in [6.45, 7) is 3.11. The fraction of sp³-hybridized carbons (Fsp3) is 0.333. The van der Waals surface area contributed by atoms with Crippen molar-refractivity contribution < 1.29 is 23.2 Å². The zero-order valence-electron chi connectivity index (χ0n) is 11.1. The molecular formula is C12H15NO5S. The minimum absolute atomic E-state index is 0.0352. The molecule has 1 N–H and O–H groups in total. The van der Waals surface area contributed by atoms with E-state index >= 15 is 0 Å². The van der Waals surface area contributed by atoms with Crippen LogP contribution in [-0.2, 0) is 14.7 Å². The molecule has 104 valence electrons. The summed E-state index contributed by atoms with van der Waals surface area (Å²) in [4.78, 5) is 15.8. The van der Waals surface area contributed by atoms with Crippen LogP contribution in [0.2, 0.25) is 0 Å². The number of hydrogen-bond acceptors (Lipinski definition) is 5. The Morgan fingerprint density at radius 3 is 2.37 bits per heavy atom. The molecule has 1 aromatic rings. The molecule has 0 spiro atoms. The fourth-order valence-electron chi connectivity index (χ4n) is 1.86. The Hall–Kier alpha value is -1.89. The largest absolute Gasteiger partial charge is 0.478 e. The van der Waals surface area contributed by atoms with E-state index in [9.17, 15) is 13.2 Å². The predicted octanol–water partition coefficient (Wildman–Crippen LogP) is 1.47. The van der Waals surface area contributed by atoms with Crippen molar-refractivity contribution in [3.63, 3.8) is 0 Å². The van der Waals surface area contributed by atoms with Crippen LogP contribution in [0.25, 0.3) is 0 Å². The van der Waals surface area contributed by atoms with Crippen molar-refractivity contribution >= 4 is 21.5 Å². The van der Waals surface area contributed by atoms with E-state index in [1.165, 1.54) is 19.2 Å². The van der Waals surface area contributed by atoms with Crippen LogP contribution in [0, 0.1) is 6.92 Å². The molecule has 0 aliphatic rings. The molecule has 0 heterocycles. The smallest absolute Gasteiger partial charge is 0.335 e.